The Morgan fingerprint density at radius 2 is 1.75 bits per heavy atom. The highest BCUT2D eigenvalue weighted by molar-refractivity contribution is 7.80. The first-order valence-electron chi connectivity index (χ1n) is 6.82. The maximum absolute atomic E-state index is 12.6. The Labute approximate surface area is 152 Å². The average molecular weight is 397 g/mol. The van der Waals surface area contributed by atoms with Gasteiger partial charge in [-0.2, -0.15) is 25.8 Å². The van der Waals surface area contributed by atoms with Crippen LogP contribution in [-0.2, 0) is 6.18 Å². The first-order valence-corrected chi connectivity index (χ1v) is 8.21. The number of halogens is 5. The highest BCUT2D eigenvalue weighted by atomic mass is 35.5. The highest BCUT2D eigenvalue weighted by Crippen LogP contribution is 2.38. The van der Waals surface area contributed by atoms with Crippen LogP contribution in [0.2, 0.25) is 10.0 Å². The van der Waals surface area contributed by atoms with E-state index in [1.165, 1.54) is 6.07 Å². The fourth-order valence-electron chi connectivity index (χ4n) is 1.78. The Balaban J connectivity index is 2.24. The zero-order chi connectivity index (χ0) is 17.9. The molecule has 0 saturated heterocycles. The summed E-state index contributed by atoms with van der Waals surface area (Å²) in [5.74, 6) is 1.31. The smallest absolute Gasteiger partial charge is 0.416 e. The summed E-state index contributed by atoms with van der Waals surface area (Å²) < 4.78 is 49.1. The summed E-state index contributed by atoms with van der Waals surface area (Å²) in [4.78, 5) is 0. The van der Waals surface area contributed by atoms with Gasteiger partial charge in [-0.15, -0.1) is 0 Å². The van der Waals surface area contributed by atoms with Crippen molar-refractivity contribution in [2.45, 2.75) is 19.2 Å². The Hall–Kier alpha value is -1.24. The van der Waals surface area contributed by atoms with Crippen molar-refractivity contribution in [2.24, 2.45) is 0 Å². The van der Waals surface area contributed by atoms with Crippen LogP contribution in [0.25, 0.3) is 0 Å². The van der Waals surface area contributed by atoms with Crippen molar-refractivity contribution >= 4 is 35.8 Å². The van der Waals surface area contributed by atoms with E-state index in [1.807, 2.05) is 6.92 Å². The molecule has 130 valence electrons. The molecule has 0 spiro atoms. The number of rotatable bonds is 5. The van der Waals surface area contributed by atoms with Crippen molar-refractivity contribution in [3.63, 3.8) is 0 Å². The fourth-order valence-corrected chi connectivity index (χ4v) is 2.23. The second-order valence-corrected chi connectivity index (χ2v) is 6.13. The lowest BCUT2D eigenvalue weighted by atomic mass is 10.2. The Kier molecular flexibility index (Phi) is 6.17. The maximum Gasteiger partial charge on any atom is 0.416 e. The average Bonchev–Trinajstić information content (AvgIpc) is 2.51. The second-order valence-electron chi connectivity index (χ2n) is 4.95. The van der Waals surface area contributed by atoms with Gasteiger partial charge in [-0.1, -0.05) is 23.2 Å². The second kappa shape index (κ2) is 7.76. The number of alkyl halides is 3. The molecule has 0 heterocycles. The largest absolute Gasteiger partial charge is 0.488 e. The van der Waals surface area contributed by atoms with E-state index in [0.29, 0.717) is 22.3 Å². The van der Waals surface area contributed by atoms with Gasteiger partial charge in [0.2, 0.25) is 0 Å². The zero-order valence-corrected chi connectivity index (χ0v) is 14.8. The molecule has 8 heteroatoms. The molecule has 0 aliphatic rings. The molecule has 0 fully saturated rings. The van der Waals surface area contributed by atoms with Crippen molar-refractivity contribution in [1.29, 1.82) is 0 Å². The van der Waals surface area contributed by atoms with E-state index < -0.39 is 11.7 Å². The quantitative estimate of drug-likeness (QED) is 0.581. The third-order valence-corrected chi connectivity index (χ3v) is 4.10. The molecule has 1 unspecified atom stereocenters. The molecule has 0 aliphatic carbocycles. The molecule has 0 aliphatic heterocycles. The first kappa shape index (κ1) is 19.1. The minimum Gasteiger partial charge on any atom is -0.488 e. The number of thiol groups is 1. The third kappa shape index (κ3) is 4.88. The van der Waals surface area contributed by atoms with Gasteiger partial charge in [-0.25, -0.2) is 0 Å². The van der Waals surface area contributed by atoms with E-state index >= 15 is 0 Å². The number of hydrogen-bond acceptors (Lipinski definition) is 3. The summed E-state index contributed by atoms with van der Waals surface area (Å²) in [7, 11) is 0. The van der Waals surface area contributed by atoms with Crippen LogP contribution in [0.15, 0.2) is 36.4 Å². The lowest BCUT2D eigenvalue weighted by Gasteiger charge is -2.15. The maximum atomic E-state index is 12.6. The van der Waals surface area contributed by atoms with Crippen molar-refractivity contribution in [1.82, 2.24) is 0 Å². The van der Waals surface area contributed by atoms with Gasteiger partial charge in [0.1, 0.15) is 23.4 Å². The fraction of sp³-hybridized carbons (Fsp3) is 0.250. The van der Waals surface area contributed by atoms with Gasteiger partial charge in [0.25, 0.3) is 0 Å². The van der Waals surface area contributed by atoms with Gasteiger partial charge < -0.3 is 9.47 Å². The van der Waals surface area contributed by atoms with Crippen molar-refractivity contribution < 1.29 is 22.6 Å². The predicted molar refractivity (Wildman–Crippen MR) is 91.9 cm³/mol. The predicted octanol–water partition coefficient (Wildman–Crippen LogP) is 6.50. The Morgan fingerprint density at radius 3 is 2.33 bits per heavy atom. The zero-order valence-electron chi connectivity index (χ0n) is 12.4. The van der Waals surface area contributed by atoms with Crippen LogP contribution in [-0.4, -0.2) is 11.9 Å². The molecule has 2 aromatic rings. The van der Waals surface area contributed by atoms with Crippen molar-refractivity contribution in [2.75, 3.05) is 5.75 Å². The van der Waals surface area contributed by atoms with Gasteiger partial charge in [0.15, 0.2) is 0 Å². The van der Waals surface area contributed by atoms with Crippen LogP contribution in [0.4, 0.5) is 13.2 Å². The van der Waals surface area contributed by atoms with Gasteiger partial charge in [-0.3, -0.25) is 0 Å². The lowest BCUT2D eigenvalue weighted by molar-refractivity contribution is -0.137. The summed E-state index contributed by atoms with van der Waals surface area (Å²) in [6.45, 7) is 1.82. The van der Waals surface area contributed by atoms with Gasteiger partial charge in [0, 0.05) is 11.8 Å². The molecule has 1 atom stereocenters. The molecule has 0 bridgehead atoms. The number of benzene rings is 2. The van der Waals surface area contributed by atoms with Crippen LogP contribution < -0.4 is 9.47 Å². The summed E-state index contributed by atoms with van der Waals surface area (Å²) >= 11 is 16.0. The molecular formula is C16H13Cl2F3O2S. The van der Waals surface area contributed by atoms with E-state index in [-0.39, 0.29) is 16.9 Å². The molecular weight excluding hydrogens is 384 g/mol. The van der Waals surface area contributed by atoms with E-state index in [9.17, 15) is 13.2 Å². The van der Waals surface area contributed by atoms with Crippen LogP contribution in [0, 0.1) is 0 Å². The van der Waals surface area contributed by atoms with E-state index in [2.05, 4.69) is 12.6 Å². The Morgan fingerprint density at radius 1 is 1.04 bits per heavy atom. The molecule has 0 amide bonds. The number of hydrogen-bond donors (Lipinski definition) is 1. The molecule has 2 nitrogen and oxygen atoms in total. The molecule has 24 heavy (non-hydrogen) atoms. The monoisotopic (exact) mass is 396 g/mol. The standard InChI is InChI=1S/C16H13Cl2F3O2S/c1-9(8-24)22-15-7-11(3-4-12(15)17)23-14-5-2-10(6-13(14)18)16(19,20)21/h2-7,9,24H,8H2,1H3. The van der Waals surface area contributed by atoms with Crippen LogP contribution >= 0.6 is 35.8 Å². The summed E-state index contributed by atoms with van der Waals surface area (Å²) in [6.07, 6.45) is -4.64. The topological polar surface area (TPSA) is 18.5 Å². The van der Waals surface area contributed by atoms with Crippen molar-refractivity contribution in [3.05, 3.63) is 52.0 Å². The normalized spacial score (nSPS) is 12.8. The molecule has 2 aromatic carbocycles. The summed E-state index contributed by atoms with van der Waals surface area (Å²) in [5.41, 5.74) is -0.845. The Bertz CT molecular complexity index is 723. The first-order chi connectivity index (χ1) is 11.2. The van der Waals surface area contributed by atoms with Gasteiger partial charge in [0.05, 0.1) is 15.6 Å². The van der Waals surface area contributed by atoms with Gasteiger partial charge in [-0.05, 0) is 37.3 Å². The molecule has 0 aromatic heterocycles. The van der Waals surface area contributed by atoms with E-state index in [0.717, 1.165) is 18.2 Å². The van der Waals surface area contributed by atoms with E-state index in [1.54, 1.807) is 12.1 Å². The van der Waals surface area contributed by atoms with Crippen molar-refractivity contribution in [3.8, 4) is 17.2 Å². The van der Waals surface area contributed by atoms with Crippen LogP contribution in [0.5, 0.6) is 17.2 Å². The number of ether oxygens (including phenoxy) is 2. The van der Waals surface area contributed by atoms with Gasteiger partial charge >= 0.3 is 6.18 Å². The molecule has 0 radical (unpaired) electrons. The SMILES string of the molecule is CC(CS)Oc1cc(Oc2ccc(C(F)(F)F)cc2Cl)ccc1Cl. The molecule has 0 saturated carbocycles. The van der Waals surface area contributed by atoms with E-state index in [4.69, 9.17) is 32.7 Å². The summed E-state index contributed by atoms with van der Waals surface area (Å²) in [6, 6.07) is 7.54. The van der Waals surface area contributed by atoms with Crippen LogP contribution in [0.3, 0.4) is 0 Å². The minimum atomic E-state index is -4.47. The molecule has 2 rings (SSSR count). The van der Waals surface area contributed by atoms with Crippen LogP contribution in [0.1, 0.15) is 12.5 Å². The molecule has 0 N–H and O–H groups in total. The lowest BCUT2D eigenvalue weighted by Crippen LogP contribution is -2.13. The minimum absolute atomic E-state index is 0.0974. The third-order valence-electron chi connectivity index (χ3n) is 2.97. The highest BCUT2D eigenvalue weighted by Gasteiger charge is 2.31. The summed E-state index contributed by atoms with van der Waals surface area (Å²) in [5, 5.41) is 0.237.